The van der Waals surface area contributed by atoms with E-state index in [1.54, 1.807) is 19.1 Å². The summed E-state index contributed by atoms with van der Waals surface area (Å²) in [5, 5.41) is 13.8. The summed E-state index contributed by atoms with van der Waals surface area (Å²) >= 11 is 0. The number of anilines is 1. The minimum Gasteiger partial charge on any atom is -0.488 e. The van der Waals surface area contributed by atoms with Gasteiger partial charge in [0.1, 0.15) is 6.61 Å². The average molecular weight is 488 g/mol. The predicted molar refractivity (Wildman–Crippen MR) is 124 cm³/mol. The number of hydrogen-bond donors (Lipinski definition) is 2. The van der Waals surface area contributed by atoms with Crippen molar-refractivity contribution in [1.29, 1.82) is 0 Å². The number of carbonyl (C=O) groups excluding carboxylic acids is 1. The Morgan fingerprint density at radius 3 is 2.44 bits per heavy atom. The third-order valence-corrected chi connectivity index (χ3v) is 6.17. The van der Waals surface area contributed by atoms with Gasteiger partial charge >= 0.3 is 0 Å². The first-order chi connectivity index (χ1) is 16.1. The number of nitrogens with one attached hydrogen (secondary N) is 2. The van der Waals surface area contributed by atoms with Crippen LogP contribution in [0.3, 0.4) is 0 Å². The number of nitrogens with zero attached hydrogens (tertiary/aromatic N) is 1. The molecule has 0 saturated heterocycles. The molecule has 1 unspecified atom stereocenters. The lowest BCUT2D eigenvalue weighted by Gasteiger charge is -2.15. The van der Waals surface area contributed by atoms with E-state index in [1.165, 1.54) is 55.5 Å². The lowest BCUT2D eigenvalue weighted by molar-refractivity contribution is -0.385. The van der Waals surface area contributed by atoms with Gasteiger partial charge in [0.15, 0.2) is 11.6 Å². The largest absolute Gasteiger partial charge is 0.488 e. The minimum absolute atomic E-state index is 0.0489. The van der Waals surface area contributed by atoms with E-state index in [0.717, 1.165) is 6.07 Å². The second-order valence-corrected chi connectivity index (χ2v) is 9.19. The third-order valence-electron chi connectivity index (χ3n) is 4.79. The van der Waals surface area contributed by atoms with Crippen molar-refractivity contribution >= 4 is 27.3 Å². The Morgan fingerprint density at radius 2 is 1.79 bits per heavy atom. The van der Waals surface area contributed by atoms with Gasteiger partial charge in [-0.05, 0) is 56.3 Å². The second-order valence-electron chi connectivity index (χ2n) is 7.50. The van der Waals surface area contributed by atoms with E-state index in [4.69, 9.17) is 4.74 Å². The fourth-order valence-electron chi connectivity index (χ4n) is 2.98. The van der Waals surface area contributed by atoms with Gasteiger partial charge in [-0.15, -0.1) is 0 Å². The molecule has 3 aromatic carbocycles. The first-order valence-electron chi connectivity index (χ1n) is 10.1. The number of ether oxygens (including phenoxy) is 1. The lowest BCUT2D eigenvalue weighted by atomic mass is 10.2. The van der Waals surface area contributed by atoms with E-state index in [0.29, 0.717) is 5.56 Å². The molecule has 9 nitrogen and oxygen atoms in total. The van der Waals surface area contributed by atoms with Gasteiger partial charge in [0, 0.05) is 22.9 Å². The number of amides is 1. The van der Waals surface area contributed by atoms with Crippen LogP contribution in [0.1, 0.15) is 22.8 Å². The van der Waals surface area contributed by atoms with E-state index >= 15 is 0 Å². The minimum atomic E-state index is -4.08. The average Bonchev–Trinajstić information content (AvgIpc) is 2.78. The van der Waals surface area contributed by atoms with E-state index < -0.39 is 32.7 Å². The highest BCUT2D eigenvalue weighted by atomic mass is 32.2. The maximum atomic E-state index is 13.6. The van der Waals surface area contributed by atoms with Crippen molar-refractivity contribution in [2.24, 2.45) is 0 Å². The Balaban J connectivity index is 1.62. The van der Waals surface area contributed by atoms with E-state index in [2.05, 4.69) is 10.0 Å². The molecule has 0 aliphatic rings. The summed E-state index contributed by atoms with van der Waals surface area (Å²) in [4.78, 5) is 22.6. The fourth-order valence-corrected chi connectivity index (χ4v) is 4.06. The molecule has 2 N–H and O–H groups in total. The smallest absolute Gasteiger partial charge is 0.273 e. The van der Waals surface area contributed by atoms with Crippen molar-refractivity contribution in [3.8, 4) is 5.75 Å². The summed E-state index contributed by atoms with van der Waals surface area (Å²) in [6, 6.07) is 14.8. The van der Waals surface area contributed by atoms with Crippen molar-refractivity contribution in [3.05, 3.63) is 93.8 Å². The van der Waals surface area contributed by atoms with Crippen LogP contribution >= 0.6 is 0 Å². The molecular formula is C23H22FN3O6S. The molecular weight excluding hydrogens is 465 g/mol. The molecule has 3 aromatic rings. The molecule has 34 heavy (non-hydrogen) atoms. The van der Waals surface area contributed by atoms with Gasteiger partial charge in [-0.1, -0.05) is 18.2 Å². The quantitative estimate of drug-likeness (QED) is 0.346. The summed E-state index contributed by atoms with van der Waals surface area (Å²) in [6.45, 7) is 3.26. The number of hydrogen-bond acceptors (Lipinski definition) is 6. The Hall–Kier alpha value is -3.99. The Labute approximate surface area is 195 Å². The van der Waals surface area contributed by atoms with E-state index in [1.807, 2.05) is 0 Å². The van der Waals surface area contributed by atoms with Gasteiger partial charge in [0.05, 0.1) is 15.9 Å². The Kier molecular flexibility index (Phi) is 7.47. The topological polar surface area (TPSA) is 128 Å². The van der Waals surface area contributed by atoms with Crippen LogP contribution in [0, 0.1) is 22.9 Å². The normalized spacial score (nSPS) is 12.0. The summed E-state index contributed by atoms with van der Waals surface area (Å²) < 4.78 is 46.5. The predicted octanol–water partition coefficient (Wildman–Crippen LogP) is 4.04. The molecule has 3 rings (SSSR count). The number of benzene rings is 3. The monoisotopic (exact) mass is 487 g/mol. The molecule has 0 radical (unpaired) electrons. The molecule has 178 valence electrons. The number of aryl methyl sites for hydroxylation is 1. The number of para-hydroxylation sites is 1. The maximum absolute atomic E-state index is 13.6. The van der Waals surface area contributed by atoms with Gasteiger partial charge in [-0.3, -0.25) is 19.6 Å². The molecule has 0 aliphatic carbocycles. The first-order valence-corrected chi connectivity index (χ1v) is 11.6. The molecule has 0 fully saturated rings. The van der Waals surface area contributed by atoms with Crippen LogP contribution in [0.4, 0.5) is 15.8 Å². The highest BCUT2D eigenvalue weighted by Gasteiger charge is 2.20. The van der Waals surface area contributed by atoms with Crippen LogP contribution in [-0.2, 0) is 10.0 Å². The molecule has 1 amide bonds. The van der Waals surface area contributed by atoms with Crippen LogP contribution in [0.25, 0.3) is 0 Å². The third kappa shape index (κ3) is 6.07. The van der Waals surface area contributed by atoms with Crippen LogP contribution in [0.15, 0.2) is 71.6 Å². The van der Waals surface area contributed by atoms with E-state index in [-0.39, 0.29) is 34.2 Å². The second kappa shape index (κ2) is 10.3. The number of sulfonamides is 1. The van der Waals surface area contributed by atoms with Crippen molar-refractivity contribution in [2.75, 3.05) is 11.3 Å². The number of rotatable bonds is 9. The number of nitro benzene ring substituents is 1. The zero-order chi connectivity index (χ0) is 24.9. The molecule has 1 atom stereocenters. The van der Waals surface area contributed by atoms with Crippen LogP contribution in [0.5, 0.6) is 5.75 Å². The molecule has 0 heterocycles. The summed E-state index contributed by atoms with van der Waals surface area (Å²) in [5.74, 6) is -0.841. The van der Waals surface area contributed by atoms with Gasteiger partial charge < -0.3 is 10.1 Å². The summed E-state index contributed by atoms with van der Waals surface area (Å²) in [7, 11) is -4.08. The Morgan fingerprint density at radius 1 is 1.12 bits per heavy atom. The van der Waals surface area contributed by atoms with Crippen LogP contribution in [0.2, 0.25) is 0 Å². The van der Waals surface area contributed by atoms with Crippen molar-refractivity contribution in [2.45, 2.75) is 24.8 Å². The first kappa shape index (κ1) is 24.6. The van der Waals surface area contributed by atoms with Gasteiger partial charge in [0.2, 0.25) is 0 Å². The fraction of sp³-hybridized carbons (Fsp3) is 0.174. The standard InChI is InChI=1S/C23H22FN3O6S/c1-15-7-12-19(13-21(15)27(29)30)34(31,32)26-18-10-8-17(9-11-18)23(28)25-16(2)14-33-22-6-4-3-5-20(22)24/h3-13,16,26H,14H2,1-2H3,(H,25,28). The zero-order valence-corrected chi connectivity index (χ0v) is 19.1. The molecule has 0 spiro atoms. The zero-order valence-electron chi connectivity index (χ0n) is 18.3. The molecule has 0 aliphatic heterocycles. The molecule has 0 saturated carbocycles. The van der Waals surface area contributed by atoms with Crippen molar-refractivity contribution in [3.63, 3.8) is 0 Å². The number of carbonyl (C=O) groups is 1. The van der Waals surface area contributed by atoms with E-state index in [9.17, 15) is 27.7 Å². The Bertz CT molecular complexity index is 1310. The van der Waals surface area contributed by atoms with Crippen LogP contribution in [-0.4, -0.2) is 31.9 Å². The summed E-state index contributed by atoms with van der Waals surface area (Å²) in [6.07, 6.45) is 0. The lowest BCUT2D eigenvalue weighted by Crippen LogP contribution is -2.36. The maximum Gasteiger partial charge on any atom is 0.273 e. The highest BCUT2D eigenvalue weighted by molar-refractivity contribution is 7.92. The van der Waals surface area contributed by atoms with Crippen molar-refractivity contribution in [1.82, 2.24) is 5.32 Å². The molecule has 0 aromatic heterocycles. The highest BCUT2D eigenvalue weighted by Crippen LogP contribution is 2.24. The van der Waals surface area contributed by atoms with Crippen LogP contribution < -0.4 is 14.8 Å². The number of halogens is 1. The molecule has 11 heteroatoms. The SMILES string of the molecule is Cc1ccc(S(=O)(=O)Nc2ccc(C(=O)NC(C)COc3ccccc3F)cc2)cc1[N+](=O)[O-]. The number of nitro groups is 1. The van der Waals surface area contributed by atoms with Gasteiger partial charge in [-0.2, -0.15) is 0 Å². The molecule has 0 bridgehead atoms. The van der Waals surface area contributed by atoms with Gasteiger partial charge in [0.25, 0.3) is 21.6 Å². The van der Waals surface area contributed by atoms with Gasteiger partial charge in [-0.25, -0.2) is 12.8 Å². The van der Waals surface area contributed by atoms with Crippen molar-refractivity contribution < 1.29 is 27.3 Å². The summed E-state index contributed by atoms with van der Waals surface area (Å²) in [5.41, 5.74) is 0.484.